The number of rotatable bonds is 5. The fraction of sp³-hybridized carbons (Fsp3) is 0.762. The summed E-state index contributed by atoms with van der Waals surface area (Å²) in [6.45, 7) is 8.87. The van der Waals surface area contributed by atoms with Gasteiger partial charge in [0.2, 0.25) is 0 Å². The van der Waals surface area contributed by atoms with Gasteiger partial charge in [-0.25, -0.2) is 0 Å². The van der Waals surface area contributed by atoms with Gasteiger partial charge in [0, 0.05) is 42.5 Å². The molecule has 158 valence electrons. The first-order chi connectivity index (χ1) is 13.1. The molecule has 0 spiro atoms. The van der Waals surface area contributed by atoms with Crippen LogP contribution in [0.15, 0.2) is 22.5 Å². The fourth-order valence-corrected chi connectivity index (χ4v) is 6.16. The van der Waals surface area contributed by atoms with Crippen LogP contribution >= 0.6 is 35.3 Å². The van der Waals surface area contributed by atoms with Crippen molar-refractivity contribution in [3.05, 3.63) is 22.4 Å². The Labute approximate surface area is 190 Å². The molecular weight excluding hydrogens is 483 g/mol. The standard InChI is InChI=1S/C21H34N4OS.HI/c1-21(2)18(15-8-6-12-26-19(15)21)24-20(22-3)23-14-16(17-9-7-13-27-17)25-10-4-5-11-25;/h7,9,13,15-16,18-19H,4-6,8,10-12,14H2,1-3H3,(H2,22,23,24);1H. The van der Waals surface area contributed by atoms with E-state index in [2.05, 4.69) is 51.9 Å². The number of nitrogens with one attached hydrogen (secondary N) is 2. The molecule has 7 heteroatoms. The highest BCUT2D eigenvalue weighted by Crippen LogP contribution is 2.51. The Bertz CT molecular complexity index is 645. The van der Waals surface area contributed by atoms with E-state index in [-0.39, 0.29) is 29.4 Å². The lowest BCUT2D eigenvalue weighted by Gasteiger charge is -2.60. The highest BCUT2D eigenvalue weighted by Gasteiger charge is 2.58. The van der Waals surface area contributed by atoms with Crippen LogP contribution in [-0.2, 0) is 4.74 Å². The normalized spacial score (nSPS) is 30.7. The van der Waals surface area contributed by atoms with Crippen molar-refractivity contribution in [2.24, 2.45) is 16.3 Å². The summed E-state index contributed by atoms with van der Waals surface area (Å²) in [5, 5.41) is 9.54. The minimum absolute atomic E-state index is 0. The Balaban J connectivity index is 0.00000225. The third-order valence-corrected chi connectivity index (χ3v) is 7.74. The van der Waals surface area contributed by atoms with Crippen molar-refractivity contribution in [1.82, 2.24) is 15.5 Å². The van der Waals surface area contributed by atoms with Crippen LogP contribution in [0.4, 0.5) is 0 Å². The van der Waals surface area contributed by atoms with Crippen LogP contribution in [0.2, 0.25) is 0 Å². The molecule has 0 aromatic carbocycles. The van der Waals surface area contributed by atoms with E-state index in [1.165, 1.54) is 43.6 Å². The molecule has 3 heterocycles. The summed E-state index contributed by atoms with van der Waals surface area (Å²) >= 11 is 1.86. The van der Waals surface area contributed by atoms with Gasteiger partial charge in [-0.1, -0.05) is 19.9 Å². The molecular formula is C21H35IN4OS. The number of hydrogen-bond acceptors (Lipinski definition) is 4. The molecule has 28 heavy (non-hydrogen) atoms. The van der Waals surface area contributed by atoms with Crippen LogP contribution in [0.25, 0.3) is 0 Å². The van der Waals surface area contributed by atoms with Crippen molar-refractivity contribution in [2.75, 3.05) is 33.3 Å². The number of thiophene rings is 1. The quantitative estimate of drug-likeness (QED) is 0.353. The molecule has 2 N–H and O–H groups in total. The summed E-state index contributed by atoms with van der Waals surface area (Å²) in [7, 11) is 1.88. The van der Waals surface area contributed by atoms with Gasteiger partial charge in [0.15, 0.2) is 5.96 Å². The Kier molecular flexibility index (Phi) is 7.66. The summed E-state index contributed by atoms with van der Waals surface area (Å²) < 4.78 is 6.05. The van der Waals surface area contributed by atoms with Gasteiger partial charge >= 0.3 is 0 Å². The van der Waals surface area contributed by atoms with E-state index < -0.39 is 0 Å². The van der Waals surface area contributed by atoms with Gasteiger partial charge < -0.3 is 15.4 Å². The van der Waals surface area contributed by atoms with Crippen LogP contribution in [0.1, 0.15) is 50.4 Å². The topological polar surface area (TPSA) is 48.9 Å². The third kappa shape index (κ3) is 4.37. The maximum atomic E-state index is 6.05. The predicted molar refractivity (Wildman–Crippen MR) is 128 cm³/mol. The summed E-state index contributed by atoms with van der Waals surface area (Å²) in [4.78, 5) is 8.60. The van der Waals surface area contributed by atoms with Crippen molar-refractivity contribution >= 4 is 41.3 Å². The minimum Gasteiger partial charge on any atom is -0.377 e. The summed E-state index contributed by atoms with van der Waals surface area (Å²) in [5.74, 6) is 1.54. The van der Waals surface area contributed by atoms with Gasteiger partial charge in [-0.05, 0) is 50.2 Å². The summed E-state index contributed by atoms with van der Waals surface area (Å²) in [5.41, 5.74) is 0.158. The van der Waals surface area contributed by atoms with Crippen LogP contribution in [0.3, 0.4) is 0 Å². The van der Waals surface area contributed by atoms with E-state index in [1.54, 1.807) is 0 Å². The molecule has 0 bridgehead atoms. The van der Waals surface area contributed by atoms with Crippen LogP contribution in [-0.4, -0.2) is 56.3 Å². The lowest BCUT2D eigenvalue weighted by Crippen LogP contribution is -2.71. The van der Waals surface area contributed by atoms with Crippen molar-refractivity contribution in [1.29, 1.82) is 0 Å². The SMILES string of the molecule is CN=C(NCC(c1cccs1)N1CCCC1)NC1C2CCCOC2C1(C)C.I. The van der Waals surface area contributed by atoms with E-state index in [9.17, 15) is 0 Å². The molecule has 3 fully saturated rings. The zero-order valence-corrected chi connectivity index (χ0v) is 20.5. The number of aliphatic imine (C=N–C) groups is 1. The zero-order chi connectivity index (χ0) is 18.9. The molecule has 1 saturated carbocycles. The molecule has 2 aliphatic heterocycles. The monoisotopic (exact) mass is 518 g/mol. The smallest absolute Gasteiger partial charge is 0.191 e. The van der Waals surface area contributed by atoms with Crippen molar-refractivity contribution in [3.63, 3.8) is 0 Å². The molecule has 5 nitrogen and oxygen atoms in total. The van der Waals surface area contributed by atoms with Gasteiger partial charge in [0.05, 0.1) is 12.1 Å². The van der Waals surface area contributed by atoms with Crippen molar-refractivity contribution in [3.8, 4) is 0 Å². The van der Waals surface area contributed by atoms with Crippen LogP contribution in [0.5, 0.6) is 0 Å². The van der Waals surface area contributed by atoms with E-state index >= 15 is 0 Å². The van der Waals surface area contributed by atoms with E-state index in [4.69, 9.17) is 4.74 Å². The Morgan fingerprint density at radius 1 is 1.36 bits per heavy atom. The molecule has 1 aromatic rings. The molecule has 1 aliphatic carbocycles. The van der Waals surface area contributed by atoms with Crippen molar-refractivity contribution < 1.29 is 4.74 Å². The first-order valence-electron chi connectivity index (χ1n) is 10.5. The largest absolute Gasteiger partial charge is 0.377 e. The predicted octanol–water partition coefficient (Wildman–Crippen LogP) is 3.87. The van der Waals surface area contributed by atoms with Gasteiger partial charge in [-0.2, -0.15) is 0 Å². The minimum atomic E-state index is 0. The Hall–Kier alpha value is -0.380. The molecule has 4 rings (SSSR count). The maximum Gasteiger partial charge on any atom is 0.191 e. The molecule has 0 amide bonds. The third-order valence-electron chi connectivity index (χ3n) is 6.76. The highest BCUT2D eigenvalue weighted by atomic mass is 127. The van der Waals surface area contributed by atoms with Crippen LogP contribution < -0.4 is 10.6 Å². The summed E-state index contributed by atoms with van der Waals surface area (Å²) in [6, 6.07) is 5.30. The molecule has 3 aliphatic rings. The molecule has 4 atom stereocenters. The molecule has 4 unspecified atom stereocenters. The summed E-state index contributed by atoms with van der Waals surface area (Å²) in [6.07, 6.45) is 5.46. The average Bonchev–Trinajstić information content (AvgIpc) is 3.39. The van der Waals surface area contributed by atoms with Crippen LogP contribution in [0, 0.1) is 11.3 Å². The van der Waals surface area contributed by atoms with Crippen molar-refractivity contribution in [2.45, 2.75) is 57.7 Å². The lowest BCUT2D eigenvalue weighted by atomic mass is 9.55. The van der Waals surface area contributed by atoms with Gasteiger partial charge in [-0.15, -0.1) is 35.3 Å². The maximum absolute atomic E-state index is 6.05. The van der Waals surface area contributed by atoms with Gasteiger partial charge in [0.1, 0.15) is 0 Å². The van der Waals surface area contributed by atoms with Gasteiger partial charge in [0.25, 0.3) is 0 Å². The Morgan fingerprint density at radius 2 is 2.14 bits per heavy atom. The fourth-order valence-electron chi connectivity index (χ4n) is 5.29. The number of guanidine groups is 1. The Morgan fingerprint density at radius 3 is 2.82 bits per heavy atom. The van der Waals surface area contributed by atoms with Gasteiger partial charge in [-0.3, -0.25) is 9.89 Å². The highest BCUT2D eigenvalue weighted by molar-refractivity contribution is 14.0. The average molecular weight is 519 g/mol. The first-order valence-corrected chi connectivity index (χ1v) is 11.4. The lowest BCUT2D eigenvalue weighted by molar-refractivity contribution is -0.188. The number of halogens is 1. The number of fused-ring (bicyclic) bond motifs is 1. The number of hydrogen-bond donors (Lipinski definition) is 2. The second-order valence-corrected chi connectivity index (χ2v) is 9.75. The molecule has 0 radical (unpaired) electrons. The van der Waals surface area contributed by atoms with E-state index in [0.29, 0.717) is 24.1 Å². The second-order valence-electron chi connectivity index (χ2n) is 8.77. The second kappa shape index (κ2) is 9.62. The number of likely N-dealkylation sites (tertiary alicyclic amines) is 1. The number of nitrogens with zero attached hydrogens (tertiary/aromatic N) is 2. The molecule has 1 aromatic heterocycles. The zero-order valence-electron chi connectivity index (χ0n) is 17.3. The first kappa shape index (κ1) is 22.3. The van der Waals surface area contributed by atoms with E-state index in [0.717, 1.165) is 19.1 Å². The number of ether oxygens (including phenoxy) is 1. The molecule has 2 saturated heterocycles. The van der Waals surface area contributed by atoms with E-state index in [1.807, 2.05) is 18.4 Å².